The Morgan fingerprint density at radius 1 is 1.50 bits per heavy atom. The first-order valence-corrected chi connectivity index (χ1v) is 6.41. The van der Waals surface area contributed by atoms with Crippen LogP contribution in [0.4, 0.5) is 11.4 Å². The number of anilines is 2. The smallest absolute Gasteiger partial charge is 0.305 e. The van der Waals surface area contributed by atoms with Crippen LogP contribution >= 0.6 is 0 Å². The third-order valence-electron chi connectivity index (χ3n) is 3.39. The minimum Gasteiger partial charge on any atom is -0.481 e. The van der Waals surface area contributed by atoms with Crippen molar-refractivity contribution in [3.8, 4) is 5.75 Å². The molecule has 6 heteroatoms. The fourth-order valence-electron chi connectivity index (χ4n) is 2.14. The number of carbonyl (C=O) groups is 2. The van der Waals surface area contributed by atoms with Crippen molar-refractivity contribution >= 4 is 23.3 Å². The molecular weight excluding hydrogens is 260 g/mol. The summed E-state index contributed by atoms with van der Waals surface area (Å²) in [5.74, 6) is -0.270. The first kappa shape index (κ1) is 14.2. The molecule has 1 aromatic rings. The highest BCUT2D eigenvalue weighted by Gasteiger charge is 2.29. The molecule has 2 rings (SSSR count). The van der Waals surface area contributed by atoms with E-state index in [0.29, 0.717) is 12.3 Å². The number of carbonyl (C=O) groups excluding carboxylic acids is 1. The molecule has 1 aromatic carbocycles. The number of rotatable bonds is 4. The molecule has 0 saturated carbocycles. The van der Waals surface area contributed by atoms with Crippen LogP contribution in [-0.4, -0.2) is 43.7 Å². The summed E-state index contributed by atoms with van der Waals surface area (Å²) in [7, 11) is 3.54. The molecule has 1 aliphatic rings. The van der Waals surface area contributed by atoms with E-state index in [1.54, 1.807) is 18.9 Å². The van der Waals surface area contributed by atoms with Crippen LogP contribution in [0.3, 0.4) is 0 Å². The van der Waals surface area contributed by atoms with Gasteiger partial charge in [0.2, 0.25) is 0 Å². The van der Waals surface area contributed by atoms with E-state index in [1.165, 1.54) is 0 Å². The van der Waals surface area contributed by atoms with E-state index in [9.17, 15) is 9.59 Å². The molecule has 0 spiro atoms. The topological polar surface area (TPSA) is 70.1 Å². The van der Waals surface area contributed by atoms with Crippen LogP contribution in [-0.2, 0) is 9.59 Å². The Bertz CT molecular complexity index is 544. The van der Waals surface area contributed by atoms with E-state index in [1.807, 2.05) is 30.1 Å². The van der Waals surface area contributed by atoms with Crippen LogP contribution in [0.1, 0.15) is 13.3 Å². The summed E-state index contributed by atoms with van der Waals surface area (Å²) in [4.78, 5) is 25.8. The van der Waals surface area contributed by atoms with Gasteiger partial charge in [-0.3, -0.25) is 9.59 Å². The molecule has 0 saturated heterocycles. The summed E-state index contributed by atoms with van der Waals surface area (Å²) in [6, 6.07) is 5.49. The average Bonchev–Trinajstić information content (AvgIpc) is 2.41. The fourth-order valence-corrected chi connectivity index (χ4v) is 2.14. The van der Waals surface area contributed by atoms with E-state index in [0.717, 1.165) is 11.4 Å². The Morgan fingerprint density at radius 2 is 2.20 bits per heavy atom. The maximum Gasteiger partial charge on any atom is 0.305 e. The summed E-state index contributed by atoms with van der Waals surface area (Å²) in [6.07, 6.45) is -0.435. The van der Waals surface area contributed by atoms with Crippen molar-refractivity contribution in [3.05, 3.63) is 18.2 Å². The Hall–Kier alpha value is -2.24. The lowest BCUT2D eigenvalue weighted by molar-refractivity contribution is -0.136. The second-order valence-electron chi connectivity index (χ2n) is 4.87. The molecule has 6 nitrogen and oxygen atoms in total. The minimum atomic E-state index is -0.829. The molecule has 0 bridgehead atoms. The number of benzene rings is 1. The number of hydrogen-bond donors (Lipinski definition) is 1. The van der Waals surface area contributed by atoms with Gasteiger partial charge in [-0.05, 0) is 19.1 Å². The lowest BCUT2D eigenvalue weighted by atomic mass is 10.1. The van der Waals surface area contributed by atoms with Gasteiger partial charge in [0.1, 0.15) is 5.75 Å². The lowest BCUT2D eigenvalue weighted by Gasteiger charge is -2.31. The van der Waals surface area contributed by atoms with Crippen LogP contribution in [0, 0.1) is 0 Å². The third-order valence-corrected chi connectivity index (χ3v) is 3.39. The fraction of sp³-hybridized carbons (Fsp3) is 0.429. The molecule has 1 aliphatic heterocycles. The zero-order valence-corrected chi connectivity index (χ0v) is 11.8. The Morgan fingerprint density at radius 3 is 2.85 bits per heavy atom. The van der Waals surface area contributed by atoms with Crippen molar-refractivity contribution in [1.29, 1.82) is 0 Å². The predicted molar refractivity (Wildman–Crippen MR) is 75.5 cm³/mol. The van der Waals surface area contributed by atoms with Gasteiger partial charge in [0, 0.05) is 32.4 Å². The molecule has 1 unspecified atom stereocenters. The van der Waals surface area contributed by atoms with Crippen molar-refractivity contribution in [2.45, 2.75) is 19.4 Å². The van der Waals surface area contributed by atoms with Gasteiger partial charge >= 0.3 is 5.97 Å². The van der Waals surface area contributed by atoms with E-state index in [2.05, 4.69) is 0 Å². The van der Waals surface area contributed by atoms with Crippen LogP contribution in [0.15, 0.2) is 18.2 Å². The van der Waals surface area contributed by atoms with Gasteiger partial charge in [-0.15, -0.1) is 0 Å². The molecule has 0 aliphatic carbocycles. The molecule has 0 radical (unpaired) electrons. The monoisotopic (exact) mass is 278 g/mol. The van der Waals surface area contributed by atoms with E-state index in [4.69, 9.17) is 9.84 Å². The van der Waals surface area contributed by atoms with Gasteiger partial charge in [-0.1, -0.05) is 0 Å². The summed E-state index contributed by atoms with van der Waals surface area (Å²) in [5, 5.41) is 8.70. The summed E-state index contributed by atoms with van der Waals surface area (Å²) >= 11 is 0. The molecule has 0 fully saturated rings. The van der Waals surface area contributed by atoms with Crippen molar-refractivity contribution in [2.24, 2.45) is 0 Å². The van der Waals surface area contributed by atoms with E-state index >= 15 is 0 Å². The largest absolute Gasteiger partial charge is 0.481 e. The summed E-state index contributed by atoms with van der Waals surface area (Å²) < 4.78 is 5.60. The molecule has 1 amide bonds. The average molecular weight is 278 g/mol. The molecule has 1 heterocycles. The second-order valence-corrected chi connectivity index (χ2v) is 4.87. The minimum absolute atomic E-state index is 0.0727. The highest BCUT2D eigenvalue weighted by Crippen LogP contribution is 2.36. The molecular formula is C14H18N2O4. The SMILES string of the molecule is CC1Oc2cc(N(C)CCC(=O)O)ccc2N(C)C1=O. The number of ether oxygens (including phenoxy) is 1. The third kappa shape index (κ3) is 2.68. The Labute approximate surface area is 117 Å². The second kappa shape index (κ2) is 5.40. The van der Waals surface area contributed by atoms with Gasteiger partial charge in [-0.2, -0.15) is 0 Å². The highest BCUT2D eigenvalue weighted by atomic mass is 16.5. The van der Waals surface area contributed by atoms with Gasteiger partial charge in [0.05, 0.1) is 12.1 Å². The summed E-state index contributed by atoms with van der Waals surface area (Å²) in [6.45, 7) is 2.13. The first-order chi connectivity index (χ1) is 9.40. The predicted octanol–water partition coefficient (Wildman–Crippen LogP) is 1.34. The Balaban J connectivity index is 2.21. The van der Waals surface area contributed by atoms with Crippen LogP contribution in [0.2, 0.25) is 0 Å². The van der Waals surface area contributed by atoms with Crippen LogP contribution in [0.5, 0.6) is 5.75 Å². The number of nitrogens with zero attached hydrogens (tertiary/aromatic N) is 2. The van der Waals surface area contributed by atoms with Gasteiger partial charge in [0.25, 0.3) is 5.91 Å². The van der Waals surface area contributed by atoms with E-state index in [-0.39, 0.29) is 12.3 Å². The summed E-state index contributed by atoms with van der Waals surface area (Å²) in [5.41, 5.74) is 1.59. The number of amides is 1. The maximum absolute atomic E-state index is 11.8. The van der Waals surface area contributed by atoms with Crippen molar-refractivity contribution in [1.82, 2.24) is 0 Å². The van der Waals surface area contributed by atoms with Crippen molar-refractivity contribution in [2.75, 3.05) is 30.4 Å². The zero-order valence-electron chi connectivity index (χ0n) is 11.8. The van der Waals surface area contributed by atoms with E-state index < -0.39 is 12.1 Å². The van der Waals surface area contributed by atoms with Gasteiger partial charge in [0.15, 0.2) is 6.10 Å². The molecule has 0 aromatic heterocycles. The Kier molecular flexibility index (Phi) is 3.83. The maximum atomic E-state index is 11.8. The van der Waals surface area contributed by atoms with Crippen molar-refractivity contribution in [3.63, 3.8) is 0 Å². The number of carboxylic acids is 1. The van der Waals surface area contributed by atoms with Crippen LogP contribution < -0.4 is 14.5 Å². The number of hydrogen-bond acceptors (Lipinski definition) is 4. The molecule has 1 atom stereocenters. The van der Waals surface area contributed by atoms with Gasteiger partial charge < -0.3 is 19.6 Å². The van der Waals surface area contributed by atoms with Crippen molar-refractivity contribution < 1.29 is 19.4 Å². The number of fused-ring (bicyclic) bond motifs is 1. The quantitative estimate of drug-likeness (QED) is 0.900. The number of aliphatic carboxylic acids is 1. The highest BCUT2D eigenvalue weighted by molar-refractivity contribution is 5.99. The molecule has 1 N–H and O–H groups in total. The number of likely N-dealkylation sites (N-methyl/N-ethyl adjacent to an activating group) is 1. The zero-order chi connectivity index (χ0) is 14.9. The molecule has 20 heavy (non-hydrogen) atoms. The lowest BCUT2D eigenvalue weighted by Crippen LogP contribution is -2.42. The number of carboxylic acid groups (broad SMARTS) is 1. The normalized spacial score (nSPS) is 17.4. The first-order valence-electron chi connectivity index (χ1n) is 6.41. The van der Waals surface area contributed by atoms with Crippen LogP contribution in [0.25, 0.3) is 0 Å². The van der Waals surface area contributed by atoms with Gasteiger partial charge in [-0.25, -0.2) is 0 Å². The molecule has 108 valence electrons. The standard InChI is InChI=1S/C14H18N2O4/c1-9-14(19)16(3)11-5-4-10(8-12(11)20-9)15(2)7-6-13(17)18/h4-5,8-9H,6-7H2,1-3H3,(H,17,18).